The summed E-state index contributed by atoms with van der Waals surface area (Å²) >= 11 is 0. The van der Waals surface area contributed by atoms with Crippen LogP contribution in [0.2, 0.25) is 0 Å². The van der Waals surface area contributed by atoms with Crippen molar-refractivity contribution in [2.45, 2.75) is 38.4 Å². The number of rotatable bonds is 12. The van der Waals surface area contributed by atoms with Crippen molar-refractivity contribution in [2.24, 2.45) is 0 Å². The van der Waals surface area contributed by atoms with Crippen LogP contribution in [0.5, 0.6) is 11.5 Å². The molecule has 0 aliphatic rings. The molecule has 0 aromatic heterocycles. The Balaban J connectivity index is 1.46. The van der Waals surface area contributed by atoms with E-state index in [-0.39, 0.29) is 24.3 Å². The first-order valence-corrected chi connectivity index (χ1v) is 11.5. The van der Waals surface area contributed by atoms with Crippen LogP contribution in [0, 0.1) is 0 Å². The van der Waals surface area contributed by atoms with Gasteiger partial charge in [0.05, 0.1) is 12.8 Å². The van der Waals surface area contributed by atoms with Gasteiger partial charge in [0.15, 0.2) is 11.6 Å². The lowest BCUT2D eigenvalue weighted by atomic mass is 10.1. The summed E-state index contributed by atoms with van der Waals surface area (Å²) in [6.07, 6.45) is -12.7. The molecule has 0 spiro atoms. The highest BCUT2D eigenvalue weighted by Gasteiger charge is 2.40. The van der Waals surface area contributed by atoms with Crippen LogP contribution in [0.15, 0.2) is 72.8 Å². The van der Waals surface area contributed by atoms with Crippen molar-refractivity contribution in [3.05, 3.63) is 95.1 Å². The van der Waals surface area contributed by atoms with Crippen molar-refractivity contribution >= 4 is 23.1 Å². The summed E-state index contributed by atoms with van der Waals surface area (Å²) in [5, 5.41) is 0. The van der Waals surface area contributed by atoms with Gasteiger partial charge in [0.2, 0.25) is 11.6 Å². The fourth-order valence-corrected chi connectivity index (χ4v) is 3.24. The van der Waals surface area contributed by atoms with Crippen molar-refractivity contribution in [3.63, 3.8) is 0 Å². The molecule has 0 aliphatic heterocycles. The molecule has 12 heteroatoms. The van der Waals surface area contributed by atoms with Crippen molar-refractivity contribution in [1.82, 2.24) is 0 Å². The van der Waals surface area contributed by atoms with Crippen molar-refractivity contribution in [2.75, 3.05) is 0 Å². The molecule has 0 radical (unpaired) electrons. The first-order chi connectivity index (χ1) is 18.7. The predicted molar refractivity (Wildman–Crippen MR) is 128 cm³/mol. The van der Waals surface area contributed by atoms with E-state index in [0.29, 0.717) is 11.5 Å². The third-order valence-electron chi connectivity index (χ3n) is 5.46. The minimum absolute atomic E-state index is 0.0490. The lowest BCUT2D eigenvalue weighted by Gasteiger charge is -2.10. The number of Topliss-reactive ketones (excluding diaryl/α,β-unsaturated/α-hetero) is 4. The van der Waals surface area contributed by atoms with Gasteiger partial charge in [-0.2, -0.15) is 26.3 Å². The number of carbonyl (C=O) groups is 4. The molecular formula is C28H20F6O6. The highest BCUT2D eigenvalue weighted by atomic mass is 19.4. The van der Waals surface area contributed by atoms with Crippen molar-refractivity contribution in [1.29, 1.82) is 0 Å². The van der Waals surface area contributed by atoms with Crippen molar-refractivity contribution in [3.8, 4) is 11.5 Å². The van der Waals surface area contributed by atoms with E-state index in [1.54, 1.807) is 24.3 Å². The molecule has 0 heterocycles. The number of halogens is 6. The van der Waals surface area contributed by atoms with Crippen LogP contribution in [-0.4, -0.2) is 35.5 Å². The Morgan fingerprint density at radius 1 is 0.500 bits per heavy atom. The van der Waals surface area contributed by atoms with E-state index in [2.05, 4.69) is 0 Å². The second-order valence-electron chi connectivity index (χ2n) is 8.48. The Kier molecular flexibility index (Phi) is 9.46. The van der Waals surface area contributed by atoms with E-state index >= 15 is 0 Å². The SMILES string of the molecule is O=C(CC(=O)C(F)(F)F)c1ccc(OCc2ccc(COc3ccc(C(=O)CC(=O)C(F)(F)F)cc3)cc2)cc1. The monoisotopic (exact) mass is 566 g/mol. The molecule has 0 saturated carbocycles. The zero-order chi connectivity index (χ0) is 29.5. The summed E-state index contributed by atoms with van der Waals surface area (Å²) in [5.41, 5.74) is 1.45. The molecule has 0 saturated heterocycles. The Morgan fingerprint density at radius 3 is 1.07 bits per heavy atom. The van der Waals surface area contributed by atoms with E-state index in [9.17, 15) is 45.5 Å². The zero-order valence-electron chi connectivity index (χ0n) is 20.5. The Bertz CT molecular complexity index is 1250. The molecule has 0 aliphatic carbocycles. The lowest BCUT2D eigenvalue weighted by molar-refractivity contribution is -0.170. The van der Waals surface area contributed by atoms with Crippen LogP contribution in [-0.2, 0) is 22.8 Å². The van der Waals surface area contributed by atoms with Gasteiger partial charge in [0.25, 0.3) is 0 Å². The molecule has 0 amide bonds. The van der Waals surface area contributed by atoms with Gasteiger partial charge in [-0.3, -0.25) is 19.2 Å². The summed E-state index contributed by atoms with van der Waals surface area (Å²) in [7, 11) is 0. The number of ketones is 4. The molecule has 3 aromatic rings. The molecule has 210 valence electrons. The van der Waals surface area contributed by atoms with Gasteiger partial charge in [-0.1, -0.05) is 24.3 Å². The Labute approximate surface area is 223 Å². The maximum atomic E-state index is 12.3. The van der Waals surface area contributed by atoms with Gasteiger partial charge in [-0.15, -0.1) is 0 Å². The minimum Gasteiger partial charge on any atom is -0.489 e. The minimum atomic E-state index is -5.07. The maximum absolute atomic E-state index is 12.3. The molecule has 0 unspecified atom stereocenters. The summed E-state index contributed by atoms with van der Waals surface area (Å²) in [4.78, 5) is 45.6. The molecule has 40 heavy (non-hydrogen) atoms. The molecular weight excluding hydrogens is 546 g/mol. The molecule has 0 N–H and O–H groups in total. The van der Waals surface area contributed by atoms with E-state index in [1.165, 1.54) is 48.5 Å². The zero-order valence-corrected chi connectivity index (χ0v) is 20.5. The summed E-state index contributed by atoms with van der Waals surface area (Å²) < 4.78 is 85.1. The summed E-state index contributed by atoms with van der Waals surface area (Å²) in [6, 6.07) is 17.7. The van der Waals surface area contributed by atoms with Gasteiger partial charge in [-0.05, 0) is 59.7 Å². The van der Waals surface area contributed by atoms with Crippen LogP contribution >= 0.6 is 0 Å². The van der Waals surface area contributed by atoms with Crippen LogP contribution in [0.1, 0.15) is 44.7 Å². The second-order valence-corrected chi connectivity index (χ2v) is 8.48. The fourth-order valence-electron chi connectivity index (χ4n) is 3.24. The summed E-state index contributed by atoms with van der Waals surface area (Å²) in [6.45, 7) is 0.292. The molecule has 0 bridgehead atoms. The number of benzene rings is 3. The van der Waals surface area contributed by atoms with Gasteiger partial charge < -0.3 is 9.47 Å². The quantitative estimate of drug-likeness (QED) is 0.146. The normalized spacial score (nSPS) is 11.6. The Hall–Kier alpha value is -4.48. The topological polar surface area (TPSA) is 86.7 Å². The first-order valence-electron chi connectivity index (χ1n) is 11.5. The highest BCUT2D eigenvalue weighted by molar-refractivity contribution is 6.10. The molecule has 0 atom stereocenters. The third-order valence-corrected chi connectivity index (χ3v) is 5.46. The number of hydrogen-bond donors (Lipinski definition) is 0. The van der Waals surface area contributed by atoms with E-state index in [4.69, 9.17) is 9.47 Å². The number of carbonyl (C=O) groups excluding carboxylic acids is 4. The maximum Gasteiger partial charge on any atom is 0.450 e. The average molecular weight is 566 g/mol. The van der Waals surface area contributed by atoms with E-state index < -0.39 is 48.3 Å². The first kappa shape index (κ1) is 30.1. The number of hydrogen-bond acceptors (Lipinski definition) is 6. The third kappa shape index (κ3) is 8.79. The largest absolute Gasteiger partial charge is 0.489 e. The van der Waals surface area contributed by atoms with Crippen LogP contribution in [0.25, 0.3) is 0 Å². The highest BCUT2D eigenvalue weighted by Crippen LogP contribution is 2.22. The number of alkyl halides is 6. The van der Waals surface area contributed by atoms with Crippen LogP contribution in [0.3, 0.4) is 0 Å². The molecule has 6 nitrogen and oxygen atoms in total. The van der Waals surface area contributed by atoms with Crippen molar-refractivity contribution < 1.29 is 55.0 Å². The van der Waals surface area contributed by atoms with E-state index in [0.717, 1.165) is 11.1 Å². The van der Waals surface area contributed by atoms with Gasteiger partial charge in [-0.25, -0.2) is 0 Å². The predicted octanol–water partition coefficient (Wildman–Crippen LogP) is 6.25. The smallest absolute Gasteiger partial charge is 0.450 e. The lowest BCUT2D eigenvalue weighted by Crippen LogP contribution is -2.25. The van der Waals surface area contributed by atoms with Crippen LogP contribution in [0.4, 0.5) is 26.3 Å². The summed E-state index contributed by atoms with van der Waals surface area (Å²) in [5.74, 6) is -5.41. The fraction of sp³-hybridized carbons (Fsp3) is 0.214. The van der Waals surface area contributed by atoms with Gasteiger partial charge in [0, 0.05) is 11.1 Å². The Morgan fingerprint density at radius 2 is 0.800 bits per heavy atom. The standard InChI is InChI=1S/C28H20F6O6/c29-27(30,31)25(37)13-23(35)19-5-9-21(10-6-19)39-15-17-1-2-18(4-3-17)16-40-22-11-7-20(8-12-22)24(36)14-26(38)28(32,33)34/h1-12H,13-16H2. The number of ether oxygens (including phenoxy) is 2. The van der Waals surface area contributed by atoms with E-state index in [1.807, 2.05) is 0 Å². The molecule has 0 fully saturated rings. The van der Waals surface area contributed by atoms with Gasteiger partial charge >= 0.3 is 12.4 Å². The average Bonchev–Trinajstić information content (AvgIpc) is 2.90. The molecule has 3 aromatic carbocycles. The van der Waals surface area contributed by atoms with Crippen LogP contribution < -0.4 is 9.47 Å². The molecule has 3 rings (SSSR count). The second kappa shape index (κ2) is 12.6. The van der Waals surface area contributed by atoms with Gasteiger partial charge in [0.1, 0.15) is 24.7 Å².